The van der Waals surface area contributed by atoms with Crippen LogP contribution >= 0.6 is 0 Å². The molecule has 0 amide bonds. The van der Waals surface area contributed by atoms with Crippen LogP contribution in [0.4, 0.5) is 0 Å². The van der Waals surface area contributed by atoms with Crippen LogP contribution in [0.1, 0.15) is 20.3 Å². The van der Waals surface area contributed by atoms with E-state index in [0.717, 1.165) is 26.1 Å². The Hall–Kier alpha value is -0.130. The second-order valence-corrected chi connectivity index (χ2v) is 6.83. The van der Waals surface area contributed by atoms with Crippen molar-refractivity contribution in [1.29, 1.82) is 0 Å². The molecule has 15 heavy (non-hydrogen) atoms. The standard InChI is InChI=1S/C10H22N2O2S/c1-9-7-12(6-4-5-11-9)10(2)8-15(3,13)14/h9-11H,4-8H2,1-3H3. The number of hydrogen-bond donors (Lipinski definition) is 1. The molecule has 1 fully saturated rings. The first-order chi connectivity index (χ1) is 6.88. The summed E-state index contributed by atoms with van der Waals surface area (Å²) in [6, 6.07) is 0.580. The smallest absolute Gasteiger partial charge is 0.148 e. The first-order valence-electron chi connectivity index (χ1n) is 5.53. The maximum Gasteiger partial charge on any atom is 0.148 e. The quantitative estimate of drug-likeness (QED) is 0.752. The average molecular weight is 234 g/mol. The summed E-state index contributed by atoms with van der Waals surface area (Å²) in [5.74, 6) is 0.264. The Kier molecular flexibility index (Phi) is 4.55. The molecule has 90 valence electrons. The van der Waals surface area contributed by atoms with E-state index < -0.39 is 9.84 Å². The van der Waals surface area contributed by atoms with Gasteiger partial charge in [-0.1, -0.05) is 0 Å². The fraction of sp³-hybridized carbons (Fsp3) is 1.00. The van der Waals surface area contributed by atoms with Crippen LogP contribution in [0.25, 0.3) is 0 Å². The molecule has 1 aliphatic heterocycles. The van der Waals surface area contributed by atoms with Gasteiger partial charge in [0.25, 0.3) is 0 Å². The Balaban J connectivity index is 2.53. The van der Waals surface area contributed by atoms with E-state index in [4.69, 9.17) is 0 Å². The van der Waals surface area contributed by atoms with Crippen molar-refractivity contribution in [3.8, 4) is 0 Å². The third-order valence-corrected chi connectivity index (χ3v) is 3.88. The molecule has 1 rings (SSSR count). The Bertz CT molecular complexity index is 290. The lowest BCUT2D eigenvalue weighted by Crippen LogP contribution is -2.43. The van der Waals surface area contributed by atoms with Gasteiger partial charge in [0.05, 0.1) is 5.75 Å². The molecule has 0 radical (unpaired) electrons. The van der Waals surface area contributed by atoms with Gasteiger partial charge in [-0.3, -0.25) is 4.90 Å². The van der Waals surface area contributed by atoms with Gasteiger partial charge in [-0.2, -0.15) is 0 Å². The normalized spacial score (nSPS) is 27.3. The molecule has 0 aliphatic carbocycles. The van der Waals surface area contributed by atoms with Crippen LogP contribution in [0.5, 0.6) is 0 Å². The van der Waals surface area contributed by atoms with E-state index in [-0.39, 0.29) is 11.8 Å². The van der Waals surface area contributed by atoms with E-state index in [9.17, 15) is 8.42 Å². The molecule has 2 atom stereocenters. The summed E-state index contributed by atoms with van der Waals surface area (Å²) >= 11 is 0. The lowest BCUT2D eigenvalue weighted by molar-refractivity contribution is 0.223. The fourth-order valence-electron chi connectivity index (χ4n) is 2.08. The van der Waals surface area contributed by atoms with Gasteiger partial charge in [0, 0.05) is 24.9 Å². The van der Waals surface area contributed by atoms with E-state index >= 15 is 0 Å². The molecular weight excluding hydrogens is 212 g/mol. The van der Waals surface area contributed by atoms with Gasteiger partial charge in [0.1, 0.15) is 9.84 Å². The first-order valence-corrected chi connectivity index (χ1v) is 7.59. The van der Waals surface area contributed by atoms with Gasteiger partial charge in [-0.05, 0) is 33.4 Å². The van der Waals surface area contributed by atoms with Gasteiger partial charge in [-0.15, -0.1) is 0 Å². The Morgan fingerprint density at radius 3 is 2.80 bits per heavy atom. The number of sulfone groups is 1. The van der Waals surface area contributed by atoms with Crippen LogP contribution in [0.2, 0.25) is 0 Å². The summed E-state index contributed by atoms with van der Waals surface area (Å²) in [4.78, 5) is 2.27. The number of nitrogens with one attached hydrogen (secondary N) is 1. The average Bonchev–Trinajstić information content (AvgIpc) is 2.26. The molecule has 2 unspecified atom stereocenters. The predicted octanol–water partition coefficient (Wildman–Crippen LogP) is 0.103. The second kappa shape index (κ2) is 5.27. The molecule has 1 N–H and O–H groups in total. The topological polar surface area (TPSA) is 49.4 Å². The van der Waals surface area contributed by atoms with Crippen molar-refractivity contribution >= 4 is 9.84 Å². The largest absolute Gasteiger partial charge is 0.313 e. The molecule has 1 heterocycles. The van der Waals surface area contributed by atoms with Gasteiger partial charge in [-0.25, -0.2) is 8.42 Å². The molecule has 0 bridgehead atoms. The van der Waals surface area contributed by atoms with Crippen LogP contribution in [0.15, 0.2) is 0 Å². The first kappa shape index (κ1) is 12.9. The zero-order chi connectivity index (χ0) is 11.5. The highest BCUT2D eigenvalue weighted by Gasteiger charge is 2.21. The minimum atomic E-state index is -2.86. The number of rotatable bonds is 3. The monoisotopic (exact) mass is 234 g/mol. The summed E-state index contributed by atoms with van der Waals surface area (Å²) in [5.41, 5.74) is 0. The molecule has 0 aromatic rings. The van der Waals surface area contributed by atoms with E-state index in [2.05, 4.69) is 17.1 Å². The van der Waals surface area contributed by atoms with Crippen molar-refractivity contribution in [2.24, 2.45) is 0 Å². The van der Waals surface area contributed by atoms with Crippen molar-refractivity contribution in [3.63, 3.8) is 0 Å². The van der Waals surface area contributed by atoms with E-state index in [1.165, 1.54) is 6.26 Å². The Labute approximate surface area is 93.0 Å². The summed E-state index contributed by atoms with van der Waals surface area (Å²) in [7, 11) is -2.86. The molecule has 5 heteroatoms. The predicted molar refractivity (Wildman–Crippen MR) is 62.8 cm³/mol. The maximum absolute atomic E-state index is 11.2. The van der Waals surface area contributed by atoms with E-state index in [1.807, 2.05) is 6.92 Å². The summed E-state index contributed by atoms with van der Waals surface area (Å²) in [5, 5.41) is 3.40. The zero-order valence-corrected chi connectivity index (χ0v) is 10.7. The highest BCUT2D eigenvalue weighted by Crippen LogP contribution is 2.07. The minimum Gasteiger partial charge on any atom is -0.313 e. The van der Waals surface area contributed by atoms with Gasteiger partial charge in [0.2, 0.25) is 0 Å². The van der Waals surface area contributed by atoms with Crippen LogP contribution in [-0.4, -0.2) is 57.0 Å². The summed E-state index contributed by atoms with van der Waals surface area (Å²) in [6.07, 6.45) is 2.40. The lowest BCUT2D eigenvalue weighted by atomic mass is 10.2. The van der Waals surface area contributed by atoms with Crippen molar-refractivity contribution in [2.45, 2.75) is 32.4 Å². The highest BCUT2D eigenvalue weighted by atomic mass is 32.2. The maximum atomic E-state index is 11.2. The molecule has 0 aromatic heterocycles. The van der Waals surface area contributed by atoms with Crippen molar-refractivity contribution in [3.05, 3.63) is 0 Å². The SMILES string of the molecule is CC1CN(C(C)CS(C)(=O)=O)CCCN1. The summed E-state index contributed by atoms with van der Waals surface area (Å²) in [6.45, 7) is 7.11. The van der Waals surface area contributed by atoms with Crippen LogP contribution < -0.4 is 5.32 Å². The molecule has 0 aromatic carbocycles. The lowest BCUT2D eigenvalue weighted by Gasteiger charge is -2.28. The van der Waals surface area contributed by atoms with Crippen LogP contribution in [0.3, 0.4) is 0 Å². The Morgan fingerprint density at radius 2 is 2.20 bits per heavy atom. The Morgan fingerprint density at radius 1 is 1.53 bits per heavy atom. The molecule has 4 nitrogen and oxygen atoms in total. The third kappa shape index (κ3) is 4.95. The second-order valence-electron chi connectivity index (χ2n) is 4.65. The van der Waals surface area contributed by atoms with Crippen LogP contribution in [0, 0.1) is 0 Å². The van der Waals surface area contributed by atoms with E-state index in [0.29, 0.717) is 6.04 Å². The molecule has 1 aliphatic rings. The van der Waals surface area contributed by atoms with Crippen molar-refractivity contribution in [1.82, 2.24) is 10.2 Å². The number of nitrogens with zero attached hydrogens (tertiary/aromatic N) is 1. The van der Waals surface area contributed by atoms with Crippen molar-refractivity contribution < 1.29 is 8.42 Å². The minimum absolute atomic E-state index is 0.127. The van der Waals surface area contributed by atoms with Gasteiger partial charge >= 0.3 is 0 Å². The van der Waals surface area contributed by atoms with Gasteiger partial charge in [0.15, 0.2) is 0 Å². The van der Waals surface area contributed by atoms with E-state index in [1.54, 1.807) is 0 Å². The number of hydrogen-bond acceptors (Lipinski definition) is 4. The third-order valence-electron chi connectivity index (χ3n) is 2.79. The summed E-state index contributed by atoms with van der Waals surface area (Å²) < 4.78 is 22.4. The van der Waals surface area contributed by atoms with Crippen LogP contribution in [-0.2, 0) is 9.84 Å². The molecular formula is C10H22N2O2S. The zero-order valence-electron chi connectivity index (χ0n) is 9.86. The molecule has 1 saturated heterocycles. The highest BCUT2D eigenvalue weighted by molar-refractivity contribution is 7.90. The molecule has 0 spiro atoms. The fourth-order valence-corrected chi connectivity index (χ4v) is 3.17. The molecule has 0 saturated carbocycles. The van der Waals surface area contributed by atoms with Gasteiger partial charge < -0.3 is 5.32 Å². The van der Waals surface area contributed by atoms with Crippen molar-refractivity contribution in [2.75, 3.05) is 31.6 Å².